The number of aryl methyl sites for hydroxylation is 2. The summed E-state index contributed by atoms with van der Waals surface area (Å²) < 4.78 is 0. The Labute approximate surface area is 166 Å². The van der Waals surface area contributed by atoms with Crippen LogP contribution in [0.3, 0.4) is 0 Å². The predicted octanol–water partition coefficient (Wildman–Crippen LogP) is 4.75. The molecule has 0 bridgehead atoms. The van der Waals surface area contributed by atoms with E-state index in [1.807, 2.05) is 31.2 Å². The van der Waals surface area contributed by atoms with Crippen molar-refractivity contribution < 1.29 is 4.79 Å². The molecule has 1 aromatic carbocycles. The van der Waals surface area contributed by atoms with E-state index in [1.165, 1.54) is 35.0 Å². The monoisotopic (exact) mass is 398 g/mol. The Bertz CT molecular complexity index is 997. The van der Waals surface area contributed by atoms with Crippen molar-refractivity contribution >= 4 is 50.7 Å². The first-order valence-electron chi connectivity index (χ1n) is 9.09. The zero-order valence-electron chi connectivity index (χ0n) is 15.4. The van der Waals surface area contributed by atoms with Crippen LogP contribution in [0.2, 0.25) is 0 Å². The average Bonchev–Trinajstić information content (AvgIpc) is 3.02. The lowest BCUT2D eigenvalue weighted by Gasteiger charge is -2.18. The summed E-state index contributed by atoms with van der Waals surface area (Å²) in [5, 5.41) is 4.48. The molecule has 5 nitrogen and oxygen atoms in total. The minimum Gasteiger partial charge on any atom is -0.383 e. The molecule has 27 heavy (non-hydrogen) atoms. The molecule has 140 valence electrons. The van der Waals surface area contributed by atoms with Gasteiger partial charge in [0.15, 0.2) is 5.16 Å². The van der Waals surface area contributed by atoms with Gasteiger partial charge in [0.25, 0.3) is 0 Å². The number of nitrogens with zero attached hydrogens (tertiary/aromatic N) is 2. The fourth-order valence-electron chi connectivity index (χ4n) is 3.52. The fourth-order valence-corrected chi connectivity index (χ4v) is 5.57. The molecule has 0 saturated heterocycles. The summed E-state index contributed by atoms with van der Waals surface area (Å²) in [7, 11) is 0. The van der Waals surface area contributed by atoms with Crippen molar-refractivity contribution in [2.24, 2.45) is 0 Å². The summed E-state index contributed by atoms with van der Waals surface area (Å²) in [6, 6.07) is 7.74. The number of aromatic nitrogens is 2. The van der Waals surface area contributed by atoms with Gasteiger partial charge in [0.1, 0.15) is 10.6 Å². The normalized spacial score (nSPS) is 16.3. The van der Waals surface area contributed by atoms with Gasteiger partial charge >= 0.3 is 0 Å². The van der Waals surface area contributed by atoms with E-state index in [-0.39, 0.29) is 11.7 Å². The van der Waals surface area contributed by atoms with E-state index in [0.29, 0.717) is 16.9 Å². The smallest absolute Gasteiger partial charge is 0.234 e. The second-order valence-corrected chi connectivity index (χ2v) is 9.03. The average molecular weight is 399 g/mol. The second-order valence-electron chi connectivity index (χ2n) is 7.01. The molecule has 0 saturated carbocycles. The highest BCUT2D eigenvalue weighted by molar-refractivity contribution is 7.99. The number of hydrogen-bond donors (Lipinski definition) is 2. The van der Waals surface area contributed by atoms with Crippen LogP contribution >= 0.6 is 23.1 Å². The molecule has 4 rings (SSSR count). The van der Waals surface area contributed by atoms with Gasteiger partial charge < -0.3 is 11.1 Å². The van der Waals surface area contributed by atoms with Crippen LogP contribution in [0.15, 0.2) is 29.4 Å². The Hall–Kier alpha value is -2.12. The molecule has 1 atom stereocenters. The van der Waals surface area contributed by atoms with Crippen LogP contribution in [-0.4, -0.2) is 21.6 Å². The molecule has 3 N–H and O–H groups in total. The van der Waals surface area contributed by atoms with Gasteiger partial charge in [0.2, 0.25) is 5.91 Å². The molecule has 1 aliphatic carbocycles. The van der Waals surface area contributed by atoms with Gasteiger partial charge in [-0.1, -0.05) is 36.4 Å². The van der Waals surface area contributed by atoms with Crippen LogP contribution in [0.4, 0.5) is 11.5 Å². The van der Waals surface area contributed by atoms with E-state index in [9.17, 15) is 4.79 Å². The van der Waals surface area contributed by atoms with Gasteiger partial charge in [-0.05, 0) is 49.8 Å². The summed E-state index contributed by atoms with van der Waals surface area (Å²) >= 11 is 3.04. The van der Waals surface area contributed by atoms with Gasteiger partial charge in [-0.15, -0.1) is 11.3 Å². The molecule has 0 unspecified atom stereocenters. The maximum Gasteiger partial charge on any atom is 0.234 e. The summed E-state index contributed by atoms with van der Waals surface area (Å²) in [5.41, 5.74) is 9.57. The summed E-state index contributed by atoms with van der Waals surface area (Å²) in [4.78, 5) is 23.7. The number of fused-ring (bicyclic) bond motifs is 3. The van der Waals surface area contributed by atoms with Crippen molar-refractivity contribution in [1.29, 1.82) is 0 Å². The molecule has 0 fully saturated rings. The number of carbonyl (C=O) groups is 1. The number of nitrogens with one attached hydrogen (secondary N) is 1. The fraction of sp³-hybridized carbons (Fsp3) is 0.350. The molecule has 2 heterocycles. The first kappa shape index (κ1) is 18.3. The Morgan fingerprint density at radius 1 is 1.33 bits per heavy atom. The molecule has 0 spiro atoms. The van der Waals surface area contributed by atoms with Gasteiger partial charge in [-0.3, -0.25) is 4.79 Å². The molecule has 0 aliphatic heterocycles. The molecule has 0 radical (unpaired) electrons. The van der Waals surface area contributed by atoms with Crippen molar-refractivity contribution in [3.8, 4) is 0 Å². The van der Waals surface area contributed by atoms with E-state index in [0.717, 1.165) is 27.9 Å². The number of hydrogen-bond acceptors (Lipinski definition) is 6. The molecule has 7 heteroatoms. The minimum absolute atomic E-state index is 0.0785. The van der Waals surface area contributed by atoms with Gasteiger partial charge in [0, 0.05) is 10.6 Å². The van der Waals surface area contributed by atoms with E-state index in [2.05, 4.69) is 22.2 Å². The Kier molecular flexibility index (Phi) is 5.06. The third-order valence-corrected chi connectivity index (χ3v) is 6.88. The maximum atomic E-state index is 12.2. The number of benzene rings is 1. The molecule has 1 amide bonds. The number of thioether (sulfide) groups is 1. The number of anilines is 2. The standard InChI is InChI=1S/C20H22N4OS2/c1-11-6-8-13(9-7-11)22-15(25)10-26-20-23-18(21)17-16-12(2)4-3-5-14(16)27-19(17)24-20/h6-9,12H,3-5,10H2,1-2H3,(H,22,25)(H2,21,23,24)/t12-/m0/s1. The lowest BCUT2D eigenvalue weighted by molar-refractivity contribution is -0.113. The SMILES string of the molecule is Cc1ccc(NC(=O)CSc2nc(N)c3c4c(sc3n2)CCC[C@@H]4C)cc1. The number of carbonyl (C=O) groups excluding carboxylic acids is 1. The Balaban J connectivity index is 1.49. The number of nitrogens with two attached hydrogens (primary N) is 1. The second kappa shape index (κ2) is 7.48. The van der Waals surface area contributed by atoms with E-state index < -0.39 is 0 Å². The number of amides is 1. The lowest BCUT2D eigenvalue weighted by Crippen LogP contribution is -2.14. The zero-order valence-corrected chi connectivity index (χ0v) is 17.0. The number of thiophene rings is 1. The molecule has 1 aliphatic rings. The Morgan fingerprint density at radius 3 is 2.89 bits per heavy atom. The Morgan fingerprint density at radius 2 is 2.11 bits per heavy atom. The molecule has 3 aromatic rings. The van der Waals surface area contributed by atoms with E-state index in [1.54, 1.807) is 11.3 Å². The van der Waals surface area contributed by atoms with Crippen molar-refractivity contribution in [2.75, 3.05) is 16.8 Å². The lowest BCUT2D eigenvalue weighted by atomic mass is 9.87. The third-order valence-electron chi connectivity index (χ3n) is 4.87. The van der Waals surface area contributed by atoms with Crippen molar-refractivity contribution in [3.05, 3.63) is 40.3 Å². The topological polar surface area (TPSA) is 80.9 Å². The van der Waals surface area contributed by atoms with E-state index >= 15 is 0 Å². The molecular weight excluding hydrogens is 376 g/mol. The van der Waals surface area contributed by atoms with Crippen LogP contribution in [-0.2, 0) is 11.2 Å². The van der Waals surface area contributed by atoms with Gasteiger partial charge in [0.05, 0.1) is 11.1 Å². The summed E-state index contributed by atoms with van der Waals surface area (Å²) in [6.45, 7) is 4.27. The highest BCUT2D eigenvalue weighted by Gasteiger charge is 2.25. The van der Waals surface area contributed by atoms with E-state index in [4.69, 9.17) is 5.73 Å². The predicted molar refractivity (Wildman–Crippen MR) is 114 cm³/mol. The minimum atomic E-state index is -0.0785. The largest absolute Gasteiger partial charge is 0.383 e. The van der Waals surface area contributed by atoms with Crippen molar-refractivity contribution in [2.45, 2.75) is 44.2 Å². The molecule has 2 aromatic heterocycles. The van der Waals surface area contributed by atoms with Crippen LogP contribution in [0.25, 0.3) is 10.2 Å². The van der Waals surface area contributed by atoms with Crippen molar-refractivity contribution in [1.82, 2.24) is 9.97 Å². The molecular formula is C20H22N4OS2. The quantitative estimate of drug-likeness (QED) is 0.489. The highest BCUT2D eigenvalue weighted by Crippen LogP contribution is 2.43. The van der Waals surface area contributed by atoms with Crippen LogP contribution in [0.5, 0.6) is 0 Å². The van der Waals surface area contributed by atoms with Crippen molar-refractivity contribution in [3.63, 3.8) is 0 Å². The van der Waals surface area contributed by atoms with Crippen LogP contribution in [0, 0.1) is 6.92 Å². The van der Waals surface area contributed by atoms with Gasteiger partial charge in [-0.25, -0.2) is 9.97 Å². The first-order chi connectivity index (χ1) is 13.0. The summed E-state index contributed by atoms with van der Waals surface area (Å²) in [6.07, 6.45) is 3.50. The zero-order chi connectivity index (χ0) is 19.0. The number of rotatable bonds is 4. The third kappa shape index (κ3) is 3.80. The van der Waals surface area contributed by atoms with Crippen LogP contribution < -0.4 is 11.1 Å². The van der Waals surface area contributed by atoms with Gasteiger partial charge in [-0.2, -0.15) is 0 Å². The maximum absolute atomic E-state index is 12.2. The summed E-state index contributed by atoms with van der Waals surface area (Å²) in [5.74, 6) is 1.21. The van der Waals surface area contributed by atoms with Crippen LogP contribution in [0.1, 0.15) is 41.7 Å². The highest BCUT2D eigenvalue weighted by atomic mass is 32.2. The first-order valence-corrected chi connectivity index (χ1v) is 10.9. The number of nitrogen functional groups attached to an aromatic ring is 1.